The molecule has 112 valence electrons. The first kappa shape index (κ1) is 15.8. The van der Waals surface area contributed by atoms with Crippen molar-refractivity contribution in [1.29, 1.82) is 0 Å². The summed E-state index contributed by atoms with van der Waals surface area (Å²) in [5.41, 5.74) is 8.49. The lowest BCUT2D eigenvalue weighted by Gasteiger charge is -2.10. The van der Waals surface area contributed by atoms with Crippen LogP contribution in [0.2, 0.25) is 0 Å². The molecule has 0 fully saturated rings. The van der Waals surface area contributed by atoms with Crippen molar-refractivity contribution in [2.24, 2.45) is 5.73 Å². The molecule has 1 aromatic heterocycles. The van der Waals surface area contributed by atoms with Crippen molar-refractivity contribution in [3.63, 3.8) is 0 Å². The van der Waals surface area contributed by atoms with Gasteiger partial charge in [-0.2, -0.15) is 0 Å². The van der Waals surface area contributed by atoms with E-state index in [9.17, 15) is 0 Å². The maximum absolute atomic E-state index is 5.81. The van der Waals surface area contributed by atoms with Crippen LogP contribution in [-0.4, -0.2) is 18.6 Å². The second kappa shape index (κ2) is 7.43. The van der Waals surface area contributed by atoms with Crippen LogP contribution in [0.5, 0.6) is 11.5 Å². The molecular formula is C16H19BrN2O2. The molecule has 0 spiro atoms. The van der Waals surface area contributed by atoms with E-state index in [4.69, 9.17) is 15.2 Å². The third-order valence-corrected chi connectivity index (χ3v) is 3.64. The largest absolute Gasteiger partial charge is 0.497 e. The average molecular weight is 351 g/mol. The number of aromatic nitrogens is 1. The van der Waals surface area contributed by atoms with Gasteiger partial charge in [0.1, 0.15) is 18.1 Å². The minimum Gasteiger partial charge on any atom is -0.497 e. The first-order valence-electron chi connectivity index (χ1n) is 6.75. The number of rotatable bonds is 6. The summed E-state index contributed by atoms with van der Waals surface area (Å²) in [5, 5.41) is 0. The molecule has 0 atom stereocenters. The summed E-state index contributed by atoms with van der Waals surface area (Å²) in [6.07, 6.45) is 0.857. The number of hydrogen-bond acceptors (Lipinski definition) is 4. The van der Waals surface area contributed by atoms with Gasteiger partial charge in [-0.3, -0.25) is 4.98 Å². The van der Waals surface area contributed by atoms with Crippen molar-refractivity contribution in [3.05, 3.63) is 51.8 Å². The number of ether oxygens (including phenoxy) is 2. The number of methoxy groups -OCH3 is 1. The zero-order valence-electron chi connectivity index (χ0n) is 12.2. The molecule has 0 aliphatic rings. The maximum Gasteiger partial charge on any atom is 0.134 e. The summed E-state index contributed by atoms with van der Waals surface area (Å²) in [5.74, 6) is 1.58. The van der Waals surface area contributed by atoms with E-state index in [1.54, 1.807) is 7.11 Å². The number of hydrogen-bond donors (Lipinski definition) is 1. The lowest BCUT2D eigenvalue weighted by Crippen LogP contribution is -2.03. The standard InChI is InChI=1S/C16H19BrN2O2/c1-11-7-14(20-2)9-13(19-11)10-21-16-4-3-12(5-6-18)8-15(16)17/h3-4,7-9H,5-6,10,18H2,1-2H3. The number of benzene rings is 1. The highest BCUT2D eigenvalue weighted by Crippen LogP contribution is 2.27. The van der Waals surface area contributed by atoms with Crippen molar-refractivity contribution in [3.8, 4) is 11.5 Å². The predicted molar refractivity (Wildman–Crippen MR) is 86.8 cm³/mol. The van der Waals surface area contributed by atoms with Crippen LogP contribution in [0.3, 0.4) is 0 Å². The molecule has 4 nitrogen and oxygen atoms in total. The highest BCUT2D eigenvalue weighted by molar-refractivity contribution is 9.10. The van der Waals surface area contributed by atoms with E-state index >= 15 is 0 Å². The minimum absolute atomic E-state index is 0.396. The molecule has 5 heteroatoms. The smallest absolute Gasteiger partial charge is 0.134 e. The molecule has 0 saturated carbocycles. The van der Waals surface area contributed by atoms with Crippen LogP contribution in [0.4, 0.5) is 0 Å². The first-order valence-corrected chi connectivity index (χ1v) is 7.54. The fraction of sp³-hybridized carbons (Fsp3) is 0.312. The van der Waals surface area contributed by atoms with Crippen LogP contribution < -0.4 is 15.2 Å². The molecule has 21 heavy (non-hydrogen) atoms. The molecule has 1 aromatic carbocycles. The summed E-state index contributed by atoms with van der Waals surface area (Å²) < 4.78 is 12.0. The monoisotopic (exact) mass is 350 g/mol. The van der Waals surface area contributed by atoms with E-state index in [-0.39, 0.29) is 0 Å². The number of nitrogens with zero attached hydrogens (tertiary/aromatic N) is 1. The molecule has 2 aromatic rings. The highest BCUT2D eigenvalue weighted by Gasteiger charge is 2.05. The average Bonchev–Trinajstić information content (AvgIpc) is 2.46. The van der Waals surface area contributed by atoms with Crippen molar-refractivity contribution < 1.29 is 9.47 Å². The Hall–Kier alpha value is -1.59. The van der Waals surface area contributed by atoms with E-state index in [0.29, 0.717) is 13.2 Å². The molecule has 0 unspecified atom stereocenters. The second-order valence-electron chi connectivity index (χ2n) is 4.73. The summed E-state index contributed by atoms with van der Waals surface area (Å²) in [4.78, 5) is 4.44. The molecule has 0 radical (unpaired) electrons. The fourth-order valence-electron chi connectivity index (χ4n) is 2.03. The van der Waals surface area contributed by atoms with Crippen molar-refractivity contribution >= 4 is 15.9 Å². The van der Waals surface area contributed by atoms with Gasteiger partial charge in [0.2, 0.25) is 0 Å². The van der Waals surface area contributed by atoms with Crippen molar-refractivity contribution in [2.75, 3.05) is 13.7 Å². The van der Waals surface area contributed by atoms with Gasteiger partial charge in [0, 0.05) is 17.8 Å². The maximum atomic E-state index is 5.81. The van der Waals surface area contributed by atoms with E-state index in [2.05, 4.69) is 20.9 Å². The molecule has 0 saturated heterocycles. The molecule has 2 rings (SSSR count). The topological polar surface area (TPSA) is 57.4 Å². The van der Waals surface area contributed by atoms with Gasteiger partial charge in [-0.15, -0.1) is 0 Å². The minimum atomic E-state index is 0.396. The van der Waals surface area contributed by atoms with Gasteiger partial charge in [0.25, 0.3) is 0 Å². The Morgan fingerprint density at radius 1 is 1.24 bits per heavy atom. The molecule has 0 aliphatic heterocycles. The van der Waals surface area contributed by atoms with Gasteiger partial charge in [-0.05, 0) is 53.5 Å². The number of nitrogens with two attached hydrogens (primary N) is 1. The second-order valence-corrected chi connectivity index (χ2v) is 5.59. The van der Waals surface area contributed by atoms with Crippen molar-refractivity contribution in [2.45, 2.75) is 20.0 Å². The van der Waals surface area contributed by atoms with Gasteiger partial charge in [-0.25, -0.2) is 0 Å². The number of halogens is 1. The SMILES string of the molecule is COc1cc(C)nc(COc2ccc(CCN)cc2Br)c1. The van der Waals surface area contributed by atoms with Crippen LogP contribution in [-0.2, 0) is 13.0 Å². The zero-order valence-corrected chi connectivity index (χ0v) is 13.8. The Kier molecular flexibility index (Phi) is 5.59. The molecule has 0 amide bonds. The van der Waals surface area contributed by atoms with Crippen LogP contribution in [0.15, 0.2) is 34.8 Å². The van der Waals surface area contributed by atoms with Crippen LogP contribution >= 0.6 is 15.9 Å². The lowest BCUT2D eigenvalue weighted by atomic mass is 10.1. The van der Waals surface area contributed by atoms with E-state index in [0.717, 1.165) is 33.8 Å². The summed E-state index contributed by atoms with van der Waals surface area (Å²) in [6.45, 7) is 2.97. The Balaban J connectivity index is 2.07. The lowest BCUT2D eigenvalue weighted by molar-refractivity contribution is 0.298. The van der Waals surface area contributed by atoms with Crippen LogP contribution in [0.1, 0.15) is 17.0 Å². The van der Waals surface area contributed by atoms with Crippen molar-refractivity contribution in [1.82, 2.24) is 4.98 Å². The van der Waals surface area contributed by atoms with Gasteiger partial charge in [-0.1, -0.05) is 6.07 Å². The molecule has 0 aliphatic carbocycles. The predicted octanol–water partition coefficient (Wildman–Crippen LogP) is 3.24. The van der Waals surface area contributed by atoms with Gasteiger partial charge >= 0.3 is 0 Å². The zero-order chi connectivity index (χ0) is 15.2. The summed E-state index contributed by atoms with van der Waals surface area (Å²) in [6, 6.07) is 9.77. The van der Waals surface area contributed by atoms with Gasteiger partial charge in [0.15, 0.2) is 0 Å². The third-order valence-electron chi connectivity index (χ3n) is 3.02. The van der Waals surface area contributed by atoms with Gasteiger partial charge in [0.05, 0.1) is 17.3 Å². The van der Waals surface area contributed by atoms with E-state index in [1.807, 2.05) is 37.3 Å². The van der Waals surface area contributed by atoms with Gasteiger partial charge < -0.3 is 15.2 Å². The third kappa shape index (κ3) is 4.44. The Morgan fingerprint density at radius 2 is 2.05 bits per heavy atom. The molecular weight excluding hydrogens is 332 g/mol. The Labute approximate surface area is 133 Å². The van der Waals surface area contributed by atoms with E-state index in [1.165, 1.54) is 5.56 Å². The number of aryl methyl sites for hydroxylation is 1. The quantitative estimate of drug-likeness (QED) is 0.868. The summed E-state index contributed by atoms with van der Waals surface area (Å²) >= 11 is 3.52. The highest BCUT2D eigenvalue weighted by atomic mass is 79.9. The molecule has 0 bridgehead atoms. The van der Waals surface area contributed by atoms with Crippen LogP contribution in [0, 0.1) is 6.92 Å². The normalized spacial score (nSPS) is 10.5. The first-order chi connectivity index (χ1) is 10.1. The molecule has 2 N–H and O–H groups in total. The van der Waals surface area contributed by atoms with Crippen LogP contribution in [0.25, 0.3) is 0 Å². The van der Waals surface area contributed by atoms with E-state index < -0.39 is 0 Å². The Bertz CT molecular complexity index is 617. The fourth-order valence-corrected chi connectivity index (χ4v) is 2.57. The molecule has 1 heterocycles. The summed E-state index contributed by atoms with van der Waals surface area (Å²) in [7, 11) is 1.65. The Morgan fingerprint density at radius 3 is 2.71 bits per heavy atom. The number of pyridine rings is 1.